The standard InChI is InChI=1S/C24H26O6/c1-3-23(29-13-21-11-27-21)17(7-19-9-25-19)5-15(1)16-2-4-24(30-14-22-12-28-22)18(6-16)8-20-10-26-20/h1-6,19-22H,7-14H2. The Labute approximate surface area is 176 Å². The van der Waals surface area contributed by atoms with Crippen molar-refractivity contribution in [2.75, 3.05) is 39.6 Å². The second kappa shape index (κ2) is 7.85. The van der Waals surface area contributed by atoms with Crippen LogP contribution in [0, 0.1) is 0 Å². The van der Waals surface area contributed by atoms with Crippen LogP contribution in [0.25, 0.3) is 11.1 Å². The third kappa shape index (κ3) is 4.78. The lowest BCUT2D eigenvalue weighted by Gasteiger charge is -2.15. The Kier molecular flexibility index (Phi) is 4.88. The molecule has 0 N–H and O–H groups in total. The highest BCUT2D eigenvalue weighted by atomic mass is 16.6. The first kappa shape index (κ1) is 18.6. The van der Waals surface area contributed by atoms with Gasteiger partial charge in [-0.25, -0.2) is 0 Å². The van der Waals surface area contributed by atoms with Crippen LogP contribution in [0.3, 0.4) is 0 Å². The lowest BCUT2D eigenvalue weighted by atomic mass is 9.97. The third-order valence-electron chi connectivity index (χ3n) is 5.81. The van der Waals surface area contributed by atoms with Crippen LogP contribution in [-0.2, 0) is 31.8 Å². The molecule has 0 spiro atoms. The second-order valence-electron chi connectivity index (χ2n) is 8.50. The minimum Gasteiger partial charge on any atom is -0.491 e. The fourth-order valence-corrected chi connectivity index (χ4v) is 3.68. The van der Waals surface area contributed by atoms with Gasteiger partial charge in [-0.2, -0.15) is 0 Å². The van der Waals surface area contributed by atoms with Crippen LogP contribution < -0.4 is 9.47 Å². The molecule has 4 aliphatic heterocycles. The van der Waals surface area contributed by atoms with Crippen LogP contribution in [0.1, 0.15) is 11.1 Å². The summed E-state index contributed by atoms with van der Waals surface area (Å²) < 4.78 is 33.5. The molecular formula is C24H26O6. The summed E-state index contributed by atoms with van der Waals surface area (Å²) in [5, 5.41) is 0. The van der Waals surface area contributed by atoms with Gasteiger partial charge >= 0.3 is 0 Å². The van der Waals surface area contributed by atoms with Crippen molar-refractivity contribution in [1.29, 1.82) is 0 Å². The monoisotopic (exact) mass is 410 g/mol. The summed E-state index contributed by atoms with van der Waals surface area (Å²) in [6.45, 7) is 4.48. The maximum absolute atomic E-state index is 6.02. The summed E-state index contributed by atoms with van der Waals surface area (Å²) in [7, 11) is 0. The Hall–Kier alpha value is -2.12. The maximum atomic E-state index is 6.02. The van der Waals surface area contributed by atoms with Crippen LogP contribution in [0.4, 0.5) is 0 Å². The minimum atomic E-state index is 0.246. The maximum Gasteiger partial charge on any atom is 0.122 e. The Bertz CT molecular complexity index is 836. The summed E-state index contributed by atoms with van der Waals surface area (Å²) in [4.78, 5) is 0. The molecule has 0 saturated carbocycles. The van der Waals surface area contributed by atoms with Gasteiger partial charge in [-0.15, -0.1) is 0 Å². The summed E-state index contributed by atoms with van der Waals surface area (Å²) >= 11 is 0. The quantitative estimate of drug-likeness (QED) is 0.531. The van der Waals surface area contributed by atoms with E-state index < -0.39 is 0 Å². The normalized spacial score (nSPS) is 28.1. The van der Waals surface area contributed by atoms with E-state index in [4.69, 9.17) is 28.4 Å². The van der Waals surface area contributed by atoms with Gasteiger partial charge in [0, 0.05) is 12.8 Å². The van der Waals surface area contributed by atoms with E-state index in [-0.39, 0.29) is 12.2 Å². The van der Waals surface area contributed by atoms with Gasteiger partial charge in [0.25, 0.3) is 0 Å². The van der Waals surface area contributed by atoms with Crippen LogP contribution in [0.5, 0.6) is 11.5 Å². The van der Waals surface area contributed by atoms with Crippen molar-refractivity contribution >= 4 is 0 Å². The smallest absolute Gasteiger partial charge is 0.122 e. The number of ether oxygens (including phenoxy) is 6. The molecule has 30 heavy (non-hydrogen) atoms. The van der Waals surface area contributed by atoms with Crippen molar-refractivity contribution in [2.45, 2.75) is 37.3 Å². The number of epoxide rings is 4. The number of hydrogen-bond acceptors (Lipinski definition) is 6. The average molecular weight is 410 g/mol. The van der Waals surface area contributed by atoms with E-state index in [0.717, 1.165) is 50.8 Å². The molecule has 4 fully saturated rings. The first-order chi connectivity index (χ1) is 14.8. The summed E-state index contributed by atoms with van der Waals surface area (Å²) in [6.07, 6.45) is 2.86. The highest BCUT2D eigenvalue weighted by Gasteiger charge is 2.28. The second-order valence-corrected chi connectivity index (χ2v) is 8.50. The zero-order chi connectivity index (χ0) is 19.9. The number of rotatable bonds is 11. The van der Waals surface area contributed by atoms with Gasteiger partial charge in [-0.05, 0) is 46.5 Å². The summed E-state index contributed by atoms with van der Waals surface area (Å²) in [6, 6.07) is 12.9. The highest BCUT2D eigenvalue weighted by molar-refractivity contribution is 5.68. The molecule has 2 aromatic carbocycles. The molecule has 4 heterocycles. The Morgan fingerprint density at radius 1 is 0.600 bits per heavy atom. The SMILES string of the molecule is c1cc(OCC2CO2)c(CC2CO2)cc1-c1ccc(OCC2CO2)c(CC2CO2)c1. The first-order valence-corrected chi connectivity index (χ1v) is 10.8. The summed E-state index contributed by atoms with van der Waals surface area (Å²) in [5.74, 6) is 1.86. The zero-order valence-electron chi connectivity index (χ0n) is 16.9. The van der Waals surface area contributed by atoms with Crippen molar-refractivity contribution in [3.8, 4) is 22.6 Å². The van der Waals surface area contributed by atoms with Gasteiger partial charge in [0.2, 0.25) is 0 Å². The van der Waals surface area contributed by atoms with Gasteiger partial charge in [0.05, 0.1) is 38.6 Å². The summed E-state index contributed by atoms with van der Waals surface area (Å²) in [5.41, 5.74) is 4.73. The number of benzene rings is 2. The molecule has 6 nitrogen and oxygen atoms in total. The fourth-order valence-electron chi connectivity index (χ4n) is 3.68. The van der Waals surface area contributed by atoms with Gasteiger partial charge in [-0.3, -0.25) is 0 Å². The molecule has 0 bridgehead atoms. The Morgan fingerprint density at radius 2 is 1.00 bits per heavy atom. The van der Waals surface area contributed by atoms with E-state index in [1.165, 1.54) is 22.3 Å². The highest BCUT2D eigenvalue weighted by Crippen LogP contribution is 2.34. The molecule has 0 amide bonds. The fraction of sp³-hybridized carbons (Fsp3) is 0.500. The van der Waals surface area contributed by atoms with E-state index in [0.29, 0.717) is 25.4 Å². The van der Waals surface area contributed by atoms with Gasteiger partial charge in [-0.1, -0.05) is 12.1 Å². The van der Waals surface area contributed by atoms with Crippen LogP contribution >= 0.6 is 0 Å². The predicted molar refractivity (Wildman–Crippen MR) is 109 cm³/mol. The molecule has 0 radical (unpaired) electrons. The third-order valence-corrected chi connectivity index (χ3v) is 5.81. The topological polar surface area (TPSA) is 68.6 Å². The average Bonchev–Trinajstić information content (AvgIpc) is 3.59. The van der Waals surface area contributed by atoms with E-state index in [1.807, 2.05) is 0 Å². The van der Waals surface area contributed by atoms with Crippen LogP contribution in [0.2, 0.25) is 0 Å². The van der Waals surface area contributed by atoms with Crippen LogP contribution in [0.15, 0.2) is 36.4 Å². The van der Waals surface area contributed by atoms with Crippen LogP contribution in [-0.4, -0.2) is 64.1 Å². The van der Waals surface area contributed by atoms with E-state index in [1.54, 1.807) is 0 Å². The predicted octanol–water partition coefficient (Wildman–Crippen LogP) is 2.79. The molecule has 4 aliphatic rings. The van der Waals surface area contributed by atoms with Crippen molar-refractivity contribution in [3.05, 3.63) is 47.5 Å². The largest absolute Gasteiger partial charge is 0.491 e. The van der Waals surface area contributed by atoms with Crippen molar-refractivity contribution in [1.82, 2.24) is 0 Å². The molecule has 4 unspecified atom stereocenters. The van der Waals surface area contributed by atoms with Crippen molar-refractivity contribution in [3.63, 3.8) is 0 Å². The molecular weight excluding hydrogens is 384 g/mol. The lowest BCUT2D eigenvalue weighted by Crippen LogP contribution is -2.08. The minimum absolute atomic E-state index is 0.246. The first-order valence-electron chi connectivity index (χ1n) is 10.8. The lowest BCUT2D eigenvalue weighted by molar-refractivity contribution is 0.260. The van der Waals surface area contributed by atoms with Crippen molar-refractivity contribution < 1.29 is 28.4 Å². The van der Waals surface area contributed by atoms with Gasteiger partial charge in [0.15, 0.2) is 0 Å². The molecule has 158 valence electrons. The van der Waals surface area contributed by atoms with E-state index in [9.17, 15) is 0 Å². The Balaban J connectivity index is 1.25. The Morgan fingerprint density at radius 3 is 1.37 bits per heavy atom. The molecule has 0 aromatic heterocycles. The molecule has 4 saturated heterocycles. The molecule has 0 aliphatic carbocycles. The van der Waals surface area contributed by atoms with Gasteiger partial charge in [0.1, 0.15) is 36.9 Å². The molecule has 6 rings (SSSR count). The molecule has 2 aromatic rings. The van der Waals surface area contributed by atoms with Crippen molar-refractivity contribution in [2.24, 2.45) is 0 Å². The zero-order valence-corrected chi connectivity index (χ0v) is 16.9. The van der Waals surface area contributed by atoms with E-state index >= 15 is 0 Å². The van der Waals surface area contributed by atoms with E-state index in [2.05, 4.69) is 36.4 Å². The molecule has 4 atom stereocenters. The van der Waals surface area contributed by atoms with Gasteiger partial charge < -0.3 is 28.4 Å². The molecule has 6 heteroatoms. The number of hydrogen-bond donors (Lipinski definition) is 0.